The Labute approximate surface area is 90.1 Å². The van der Waals surface area contributed by atoms with Gasteiger partial charge >= 0.3 is 0 Å². The van der Waals surface area contributed by atoms with Crippen LogP contribution in [0.3, 0.4) is 0 Å². The van der Waals surface area contributed by atoms with Crippen molar-refractivity contribution >= 4 is 0 Å². The topological polar surface area (TPSA) is 15.3 Å². The largest absolute Gasteiger partial charge is 0.316 e. The van der Waals surface area contributed by atoms with Gasteiger partial charge in [0, 0.05) is 26.2 Å². The summed E-state index contributed by atoms with van der Waals surface area (Å²) in [7, 11) is 2.09. The highest BCUT2D eigenvalue weighted by Gasteiger charge is 2.18. The molecular weight excluding hydrogens is 191 g/mol. The Morgan fingerprint density at radius 3 is 2.87 bits per heavy atom. The summed E-state index contributed by atoms with van der Waals surface area (Å²) in [5, 5.41) is 3.25. The lowest BCUT2D eigenvalue weighted by atomic mass is 10.0. The first-order chi connectivity index (χ1) is 7.24. The molecule has 2 nitrogen and oxygen atoms in total. The maximum absolute atomic E-state index is 12.9. The Morgan fingerprint density at radius 2 is 2.27 bits per heavy atom. The van der Waals surface area contributed by atoms with E-state index in [1.807, 2.05) is 6.07 Å². The summed E-state index contributed by atoms with van der Waals surface area (Å²) in [4.78, 5) is 2.25. The van der Waals surface area contributed by atoms with Gasteiger partial charge in [-0.1, -0.05) is 12.1 Å². The van der Waals surface area contributed by atoms with Gasteiger partial charge in [0.25, 0.3) is 0 Å². The Kier molecular flexibility index (Phi) is 3.34. The van der Waals surface area contributed by atoms with Gasteiger partial charge in [0.1, 0.15) is 5.82 Å². The molecule has 1 aliphatic heterocycles. The van der Waals surface area contributed by atoms with Crippen LogP contribution in [0.4, 0.5) is 4.39 Å². The molecule has 1 fully saturated rings. The summed E-state index contributed by atoms with van der Waals surface area (Å²) in [5.41, 5.74) is 1.05. The standard InChI is InChI=1S/C12H17FN2/c1-15(9-11-6-14-7-11)8-10-3-2-4-12(13)5-10/h2-5,11,14H,6-9H2,1H3. The van der Waals surface area contributed by atoms with Crippen molar-refractivity contribution in [2.75, 3.05) is 26.7 Å². The van der Waals surface area contributed by atoms with Gasteiger partial charge in [0.05, 0.1) is 0 Å². The van der Waals surface area contributed by atoms with Crippen molar-refractivity contribution in [3.05, 3.63) is 35.6 Å². The van der Waals surface area contributed by atoms with Crippen molar-refractivity contribution < 1.29 is 4.39 Å². The van der Waals surface area contributed by atoms with Crippen molar-refractivity contribution in [1.82, 2.24) is 10.2 Å². The minimum atomic E-state index is -0.147. The van der Waals surface area contributed by atoms with Crippen LogP contribution in [0.25, 0.3) is 0 Å². The fraction of sp³-hybridized carbons (Fsp3) is 0.500. The lowest BCUT2D eigenvalue weighted by Crippen LogP contribution is -2.47. The number of hydrogen-bond acceptors (Lipinski definition) is 2. The minimum absolute atomic E-state index is 0.147. The molecule has 0 radical (unpaired) electrons. The molecule has 0 saturated carbocycles. The average Bonchev–Trinajstić information content (AvgIpc) is 2.11. The van der Waals surface area contributed by atoms with Crippen LogP contribution >= 0.6 is 0 Å². The molecule has 1 heterocycles. The van der Waals surface area contributed by atoms with Crippen LogP contribution in [0.2, 0.25) is 0 Å². The number of nitrogens with zero attached hydrogens (tertiary/aromatic N) is 1. The van der Waals surface area contributed by atoms with E-state index in [0.29, 0.717) is 0 Å². The Hall–Kier alpha value is -0.930. The van der Waals surface area contributed by atoms with E-state index < -0.39 is 0 Å². The first-order valence-electron chi connectivity index (χ1n) is 5.38. The number of hydrogen-bond donors (Lipinski definition) is 1. The summed E-state index contributed by atoms with van der Waals surface area (Å²) in [6.07, 6.45) is 0. The molecule has 0 spiro atoms. The molecule has 0 bridgehead atoms. The molecule has 3 heteroatoms. The van der Waals surface area contributed by atoms with E-state index in [1.165, 1.54) is 6.07 Å². The van der Waals surface area contributed by atoms with E-state index in [4.69, 9.17) is 0 Å². The van der Waals surface area contributed by atoms with Gasteiger partial charge in [-0.25, -0.2) is 4.39 Å². The zero-order valence-electron chi connectivity index (χ0n) is 9.04. The lowest BCUT2D eigenvalue weighted by Gasteiger charge is -2.31. The summed E-state index contributed by atoms with van der Waals surface area (Å²) in [5.74, 6) is 0.620. The minimum Gasteiger partial charge on any atom is -0.316 e. The normalized spacial score (nSPS) is 16.7. The fourth-order valence-corrected chi connectivity index (χ4v) is 1.93. The molecule has 1 aromatic rings. The first kappa shape index (κ1) is 10.6. The Balaban J connectivity index is 1.84. The molecule has 82 valence electrons. The molecule has 1 aliphatic rings. The Morgan fingerprint density at radius 1 is 1.47 bits per heavy atom. The van der Waals surface area contributed by atoms with E-state index in [2.05, 4.69) is 17.3 Å². The monoisotopic (exact) mass is 208 g/mol. The fourth-order valence-electron chi connectivity index (χ4n) is 1.93. The summed E-state index contributed by atoms with van der Waals surface area (Å²) in [6.45, 7) is 4.15. The van der Waals surface area contributed by atoms with Crippen LogP contribution in [-0.4, -0.2) is 31.6 Å². The second kappa shape index (κ2) is 4.73. The van der Waals surface area contributed by atoms with Crippen LogP contribution in [-0.2, 0) is 6.54 Å². The van der Waals surface area contributed by atoms with E-state index >= 15 is 0 Å². The van der Waals surface area contributed by atoms with Crippen molar-refractivity contribution in [2.45, 2.75) is 6.54 Å². The molecule has 0 aromatic heterocycles. The van der Waals surface area contributed by atoms with Crippen LogP contribution in [0.5, 0.6) is 0 Å². The van der Waals surface area contributed by atoms with E-state index in [9.17, 15) is 4.39 Å². The Bertz CT molecular complexity index is 323. The second-order valence-corrected chi connectivity index (χ2v) is 4.35. The SMILES string of the molecule is CN(Cc1cccc(F)c1)CC1CNC1. The zero-order chi connectivity index (χ0) is 10.7. The van der Waals surface area contributed by atoms with Gasteiger partial charge in [0.15, 0.2) is 0 Å². The molecular formula is C12H17FN2. The molecule has 0 aliphatic carbocycles. The number of halogens is 1. The first-order valence-corrected chi connectivity index (χ1v) is 5.38. The van der Waals surface area contributed by atoms with Gasteiger partial charge in [-0.15, -0.1) is 0 Å². The molecule has 1 N–H and O–H groups in total. The van der Waals surface area contributed by atoms with Crippen LogP contribution in [0, 0.1) is 11.7 Å². The van der Waals surface area contributed by atoms with Crippen molar-refractivity contribution in [3.63, 3.8) is 0 Å². The van der Waals surface area contributed by atoms with E-state index in [0.717, 1.165) is 37.7 Å². The quantitative estimate of drug-likeness (QED) is 0.806. The van der Waals surface area contributed by atoms with E-state index in [-0.39, 0.29) is 5.82 Å². The lowest BCUT2D eigenvalue weighted by molar-refractivity contribution is 0.218. The van der Waals surface area contributed by atoms with Gasteiger partial charge in [0.2, 0.25) is 0 Å². The summed E-state index contributed by atoms with van der Waals surface area (Å²) < 4.78 is 12.9. The number of rotatable bonds is 4. The highest BCUT2D eigenvalue weighted by atomic mass is 19.1. The highest BCUT2D eigenvalue weighted by molar-refractivity contribution is 5.16. The predicted octanol–water partition coefficient (Wildman–Crippen LogP) is 1.48. The van der Waals surface area contributed by atoms with Crippen molar-refractivity contribution in [2.24, 2.45) is 5.92 Å². The second-order valence-electron chi connectivity index (χ2n) is 4.35. The molecule has 1 saturated heterocycles. The molecule has 0 amide bonds. The molecule has 0 atom stereocenters. The summed E-state index contributed by atoms with van der Waals surface area (Å²) in [6, 6.07) is 6.83. The molecule has 2 rings (SSSR count). The van der Waals surface area contributed by atoms with Gasteiger partial charge in [-0.05, 0) is 30.7 Å². The van der Waals surface area contributed by atoms with Gasteiger partial charge in [-0.2, -0.15) is 0 Å². The maximum Gasteiger partial charge on any atom is 0.123 e. The summed E-state index contributed by atoms with van der Waals surface area (Å²) >= 11 is 0. The van der Waals surface area contributed by atoms with Crippen molar-refractivity contribution in [1.29, 1.82) is 0 Å². The third-order valence-electron chi connectivity index (χ3n) is 2.78. The molecule has 0 unspecified atom stereocenters. The predicted molar refractivity (Wildman–Crippen MR) is 59.1 cm³/mol. The smallest absolute Gasteiger partial charge is 0.123 e. The average molecular weight is 208 g/mol. The maximum atomic E-state index is 12.9. The van der Waals surface area contributed by atoms with Crippen molar-refractivity contribution in [3.8, 4) is 0 Å². The van der Waals surface area contributed by atoms with E-state index in [1.54, 1.807) is 12.1 Å². The third-order valence-corrected chi connectivity index (χ3v) is 2.78. The third kappa shape index (κ3) is 3.01. The highest BCUT2D eigenvalue weighted by Crippen LogP contribution is 2.09. The van der Waals surface area contributed by atoms with Crippen LogP contribution in [0.15, 0.2) is 24.3 Å². The van der Waals surface area contributed by atoms with Crippen LogP contribution < -0.4 is 5.32 Å². The molecule has 1 aromatic carbocycles. The van der Waals surface area contributed by atoms with Gasteiger partial charge < -0.3 is 10.2 Å². The number of benzene rings is 1. The number of nitrogens with one attached hydrogen (secondary N) is 1. The van der Waals surface area contributed by atoms with Gasteiger partial charge in [-0.3, -0.25) is 0 Å². The molecule has 15 heavy (non-hydrogen) atoms. The zero-order valence-corrected chi connectivity index (χ0v) is 9.04. The van der Waals surface area contributed by atoms with Crippen LogP contribution in [0.1, 0.15) is 5.56 Å².